The fourth-order valence-electron chi connectivity index (χ4n) is 8.27. The van der Waals surface area contributed by atoms with Gasteiger partial charge < -0.3 is 10.2 Å². The quantitative estimate of drug-likeness (QED) is 0.645. The van der Waals surface area contributed by atoms with Crippen molar-refractivity contribution in [2.45, 2.75) is 83.8 Å². The Kier molecular flexibility index (Phi) is 4.69. The Bertz CT molecular complexity index is 594. The van der Waals surface area contributed by atoms with Gasteiger partial charge in [-0.3, -0.25) is 4.79 Å². The number of aliphatic hydroxyl groups excluding tert-OH is 1. The molecule has 26 heavy (non-hydrogen) atoms. The number of hydrogen-bond acceptors (Lipinski definition) is 3. The molecule has 9 atom stereocenters. The number of rotatable bonds is 2. The van der Waals surface area contributed by atoms with Gasteiger partial charge >= 0.3 is 0 Å². The summed E-state index contributed by atoms with van der Waals surface area (Å²) in [5.41, 5.74) is -1.12. The van der Waals surface area contributed by atoms with Gasteiger partial charge in [0, 0.05) is 5.41 Å². The second-order valence-electron chi connectivity index (χ2n) is 10.5. The standard InChI is InChI=1S/C22H35BrO3/c1-13-10-18-16-5-4-14-11-15(24)6-8-20(14,2)17(16)7-9-21(18,3)22(13,26)19(25)12-23/h13-18,24,26H,4-12H2,1-3H3/t13-,14-,15?,16+,17-,18-,20-,21-,22-/m0/s1. The van der Waals surface area contributed by atoms with Crippen molar-refractivity contribution >= 4 is 21.7 Å². The first-order valence-corrected chi connectivity index (χ1v) is 11.8. The maximum Gasteiger partial charge on any atom is 0.175 e. The summed E-state index contributed by atoms with van der Waals surface area (Å²) in [5, 5.41) is 22.0. The number of aliphatic hydroxyl groups is 2. The Morgan fingerprint density at radius 3 is 2.50 bits per heavy atom. The summed E-state index contributed by atoms with van der Waals surface area (Å²) >= 11 is 3.32. The number of hydrogen-bond donors (Lipinski definition) is 2. The molecule has 0 bridgehead atoms. The van der Waals surface area contributed by atoms with Crippen LogP contribution in [-0.2, 0) is 4.79 Å². The average molecular weight is 427 g/mol. The molecule has 4 heteroatoms. The molecule has 4 rings (SSSR count). The summed E-state index contributed by atoms with van der Waals surface area (Å²) in [7, 11) is 0. The van der Waals surface area contributed by atoms with Crippen LogP contribution in [0.1, 0.15) is 72.1 Å². The minimum absolute atomic E-state index is 0.0193. The van der Waals surface area contributed by atoms with E-state index in [1.165, 1.54) is 12.8 Å². The lowest BCUT2D eigenvalue weighted by Gasteiger charge is -2.61. The number of ketones is 1. The molecule has 0 aromatic rings. The molecule has 0 aromatic heterocycles. The molecule has 3 nitrogen and oxygen atoms in total. The van der Waals surface area contributed by atoms with Crippen molar-refractivity contribution in [2.24, 2.45) is 40.4 Å². The summed E-state index contributed by atoms with van der Waals surface area (Å²) in [5.74, 6) is 2.45. The molecule has 0 spiro atoms. The highest BCUT2D eigenvalue weighted by molar-refractivity contribution is 9.09. The third kappa shape index (κ3) is 2.33. The van der Waals surface area contributed by atoms with Crippen molar-refractivity contribution in [1.29, 1.82) is 0 Å². The van der Waals surface area contributed by atoms with Gasteiger partial charge in [-0.05, 0) is 86.4 Å². The van der Waals surface area contributed by atoms with Gasteiger partial charge in [0.15, 0.2) is 5.78 Å². The van der Waals surface area contributed by atoms with Crippen molar-refractivity contribution in [2.75, 3.05) is 5.33 Å². The van der Waals surface area contributed by atoms with E-state index in [2.05, 4.69) is 36.7 Å². The van der Waals surface area contributed by atoms with E-state index < -0.39 is 5.60 Å². The lowest BCUT2D eigenvalue weighted by Crippen LogP contribution is -2.60. The summed E-state index contributed by atoms with van der Waals surface area (Å²) < 4.78 is 0. The van der Waals surface area contributed by atoms with Gasteiger partial charge in [0.2, 0.25) is 0 Å². The van der Waals surface area contributed by atoms with E-state index in [0.717, 1.165) is 38.5 Å². The number of Topliss-reactive ketones (excluding diaryl/α,β-unsaturated/α-hetero) is 1. The molecule has 0 amide bonds. The van der Waals surface area contributed by atoms with Crippen LogP contribution in [0.3, 0.4) is 0 Å². The SMILES string of the molecule is C[C@H]1C[C@H]2[C@@H]3CC[C@H]4CC(O)CC[C@]4(C)[C@H]3CC[C@]2(C)[C@@]1(O)C(=O)CBr. The van der Waals surface area contributed by atoms with Gasteiger partial charge in [0.05, 0.1) is 11.4 Å². The van der Waals surface area contributed by atoms with Gasteiger partial charge in [0.25, 0.3) is 0 Å². The Morgan fingerprint density at radius 1 is 1.08 bits per heavy atom. The molecule has 2 N–H and O–H groups in total. The maximum atomic E-state index is 12.8. The molecule has 1 unspecified atom stereocenters. The van der Waals surface area contributed by atoms with Crippen LogP contribution < -0.4 is 0 Å². The van der Waals surface area contributed by atoms with E-state index >= 15 is 0 Å². The van der Waals surface area contributed by atoms with Crippen LogP contribution in [-0.4, -0.2) is 33.0 Å². The molecule has 4 saturated carbocycles. The molecule has 0 aromatic carbocycles. The van der Waals surface area contributed by atoms with Crippen molar-refractivity contribution < 1.29 is 15.0 Å². The van der Waals surface area contributed by atoms with Crippen LogP contribution in [0.25, 0.3) is 0 Å². The Balaban J connectivity index is 1.67. The van der Waals surface area contributed by atoms with Gasteiger partial charge in [-0.2, -0.15) is 0 Å². The Hall–Kier alpha value is 0.0700. The van der Waals surface area contributed by atoms with E-state index in [9.17, 15) is 15.0 Å². The minimum atomic E-state index is -1.17. The Labute approximate surface area is 166 Å². The van der Waals surface area contributed by atoms with Crippen LogP contribution >= 0.6 is 15.9 Å². The fraction of sp³-hybridized carbons (Fsp3) is 0.955. The van der Waals surface area contributed by atoms with Crippen molar-refractivity contribution in [1.82, 2.24) is 0 Å². The van der Waals surface area contributed by atoms with Crippen LogP contribution in [0.5, 0.6) is 0 Å². The highest BCUT2D eigenvalue weighted by Crippen LogP contribution is 2.69. The third-order valence-electron chi connectivity index (χ3n) is 9.77. The number of fused-ring (bicyclic) bond motifs is 5. The predicted octanol–water partition coefficient (Wildman–Crippen LogP) is 4.33. The van der Waals surface area contributed by atoms with Crippen molar-refractivity contribution in [3.05, 3.63) is 0 Å². The molecular weight excluding hydrogens is 392 g/mol. The first-order chi connectivity index (χ1) is 12.2. The molecule has 0 saturated heterocycles. The van der Waals surface area contributed by atoms with E-state index in [0.29, 0.717) is 29.1 Å². The number of halogens is 1. The zero-order valence-corrected chi connectivity index (χ0v) is 18.1. The van der Waals surface area contributed by atoms with Crippen molar-refractivity contribution in [3.8, 4) is 0 Å². The van der Waals surface area contributed by atoms with Crippen LogP contribution in [0.2, 0.25) is 0 Å². The lowest BCUT2D eigenvalue weighted by atomic mass is 9.44. The third-order valence-corrected chi connectivity index (χ3v) is 10.3. The predicted molar refractivity (Wildman–Crippen MR) is 106 cm³/mol. The lowest BCUT2D eigenvalue weighted by molar-refractivity contribution is -0.174. The zero-order valence-electron chi connectivity index (χ0n) is 16.5. The fourth-order valence-corrected chi connectivity index (χ4v) is 8.70. The average Bonchev–Trinajstić information content (AvgIpc) is 2.83. The molecule has 0 radical (unpaired) electrons. The summed E-state index contributed by atoms with van der Waals surface area (Å²) in [6, 6.07) is 0. The van der Waals surface area contributed by atoms with E-state index in [1.807, 2.05) is 0 Å². The second kappa shape index (κ2) is 6.29. The first-order valence-electron chi connectivity index (χ1n) is 10.7. The first kappa shape index (κ1) is 19.4. The molecule has 0 aliphatic heterocycles. The largest absolute Gasteiger partial charge is 0.393 e. The number of carbonyl (C=O) groups excluding carboxylic acids is 1. The smallest absolute Gasteiger partial charge is 0.175 e. The maximum absolute atomic E-state index is 12.8. The molecule has 148 valence electrons. The van der Waals surface area contributed by atoms with E-state index in [-0.39, 0.29) is 28.6 Å². The summed E-state index contributed by atoms with van der Waals surface area (Å²) in [4.78, 5) is 12.8. The minimum Gasteiger partial charge on any atom is -0.393 e. The van der Waals surface area contributed by atoms with Crippen molar-refractivity contribution in [3.63, 3.8) is 0 Å². The molecule has 4 aliphatic rings. The normalized spacial score (nSPS) is 56.4. The summed E-state index contributed by atoms with van der Waals surface area (Å²) in [6.45, 7) is 6.78. The highest BCUT2D eigenvalue weighted by atomic mass is 79.9. The Morgan fingerprint density at radius 2 is 1.81 bits per heavy atom. The van der Waals surface area contributed by atoms with E-state index in [1.54, 1.807) is 0 Å². The highest BCUT2D eigenvalue weighted by Gasteiger charge is 2.68. The molecule has 4 fully saturated rings. The second-order valence-corrected chi connectivity index (χ2v) is 11.1. The van der Waals surface area contributed by atoms with Gasteiger partial charge in [-0.15, -0.1) is 0 Å². The van der Waals surface area contributed by atoms with Gasteiger partial charge in [-0.25, -0.2) is 0 Å². The van der Waals surface area contributed by atoms with Crippen LogP contribution in [0.15, 0.2) is 0 Å². The summed E-state index contributed by atoms with van der Waals surface area (Å²) in [6.07, 6.45) is 8.45. The number of carbonyl (C=O) groups is 1. The topological polar surface area (TPSA) is 57.5 Å². The zero-order chi connectivity index (χ0) is 18.9. The van der Waals surface area contributed by atoms with Gasteiger partial charge in [0.1, 0.15) is 5.60 Å². The molecular formula is C22H35BrO3. The van der Waals surface area contributed by atoms with Gasteiger partial charge in [-0.1, -0.05) is 36.7 Å². The molecule has 0 heterocycles. The van der Waals surface area contributed by atoms with Crippen LogP contribution in [0.4, 0.5) is 0 Å². The molecule has 4 aliphatic carbocycles. The monoisotopic (exact) mass is 426 g/mol. The van der Waals surface area contributed by atoms with E-state index in [4.69, 9.17) is 0 Å². The number of alkyl halides is 1. The van der Waals surface area contributed by atoms with Crippen LogP contribution in [0, 0.1) is 40.4 Å².